The minimum absolute atomic E-state index is 0.226. The Bertz CT molecular complexity index is 1440. The third kappa shape index (κ3) is 4.99. The first-order valence-corrected chi connectivity index (χ1v) is 12.7. The molecule has 5 rings (SSSR count). The van der Waals surface area contributed by atoms with Gasteiger partial charge in [0, 0.05) is 51.9 Å². The number of nitriles is 2. The van der Waals surface area contributed by atoms with Crippen molar-refractivity contribution in [3.63, 3.8) is 0 Å². The Kier molecular flexibility index (Phi) is 7.15. The standard InChI is InChI=1S/C24H27ClN12O/c1-2-29-24-33-23(32-22-16(10-27)11-30-37(22)24)31-18-7-15(9-26)8-19(21(18)25)36-5-3-35(4-6-36)17-12-34(13-17)14-20(28)38/h7-8,11,17H,2-6,12-14H2,1H3,(H2,28,38)(H2,29,31,32,33). The Morgan fingerprint density at radius 3 is 2.61 bits per heavy atom. The number of halogens is 1. The number of piperazine rings is 1. The monoisotopic (exact) mass is 534 g/mol. The second kappa shape index (κ2) is 10.7. The zero-order valence-electron chi connectivity index (χ0n) is 20.9. The van der Waals surface area contributed by atoms with Gasteiger partial charge in [0.2, 0.25) is 17.8 Å². The van der Waals surface area contributed by atoms with Crippen LogP contribution in [0.1, 0.15) is 18.1 Å². The molecule has 2 aliphatic rings. The number of fused-ring (bicyclic) bond motifs is 1. The zero-order valence-corrected chi connectivity index (χ0v) is 21.6. The molecule has 0 atom stereocenters. The summed E-state index contributed by atoms with van der Waals surface area (Å²) >= 11 is 6.86. The van der Waals surface area contributed by atoms with E-state index in [0.717, 1.165) is 45.0 Å². The number of nitrogens with one attached hydrogen (secondary N) is 2. The lowest BCUT2D eigenvalue weighted by molar-refractivity contribution is -0.121. The summed E-state index contributed by atoms with van der Waals surface area (Å²) < 4.78 is 1.47. The molecule has 2 aromatic heterocycles. The van der Waals surface area contributed by atoms with Gasteiger partial charge in [0.05, 0.1) is 40.8 Å². The fraction of sp³-hybridized carbons (Fsp3) is 0.417. The predicted octanol–water partition coefficient (Wildman–Crippen LogP) is 0.988. The summed E-state index contributed by atoms with van der Waals surface area (Å²) in [5.41, 5.74) is 7.66. The van der Waals surface area contributed by atoms with Crippen molar-refractivity contribution in [3.05, 3.63) is 34.5 Å². The van der Waals surface area contributed by atoms with Crippen molar-refractivity contribution in [1.82, 2.24) is 29.4 Å². The molecule has 0 radical (unpaired) electrons. The fourth-order valence-corrected chi connectivity index (χ4v) is 5.13. The molecular formula is C24H27ClN12O. The van der Waals surface area contributed by atoms with Gasteiger partial charge in [0.25, 0.3) is 0 Å². The summed E-state index contributed by atoms with van der Waals surface area (Å²) in [6, 6.07) is 8.16. The van der Waals surface area contributed by atoms with Crippen LogP contribution in [-0.4, -0.2) is 93.7 Å². The maximum atomic E-state index is 11.1. The number of amides is 1. The van der Waals surface area contributed by atoms with Crippen LogP contribution in [0.5, 0.6) is 0 Å². The van der Waals surface area contributed by atoms with Gasteiger partial charge in [-0.05, 0) is 19.1 Å². The molecule has 1 aromatic carbocycles. The van der Waals surface area contributed by atoms with Crippen molar-refractivity contribution in [3.8, 4) is 12.1 Å². The molecule has 4 N–H and O–H groups in total. The van der Waals surface area contributed by atoms with Gasteiger partial charge in [-0.15, -0.1) is 0 Å². The Hall–Kier alpha value is -4.17. The first-order valence-electron chi connectivity index (χ1n) is 12.3. The van der Waals surface area contributed by atoms with E-state index in [0.29, 0.717) is 52.6 Å². The van der Waals surface area contributed by atoms with Gasteiger partial charge in [-0.1, -0.05) is 11.6 Å². The van der Waals surface area contributed by atoms with Crippen molar-refractivity contribution in [2.24, 2.45) is 5.73 Å². The van der Waals surface area contributed by atoms with E-state index in [4.69, 9.17) is 17.3 Å². The number of likely N-dealkylation sites (tertiary alicyclic amines) is 1. The van der Waals surface area contributed by atoms with E-state index in [1.54, 1.807) is 12.1 Å². The van der Waals surface area contributed by atoms with Gasteiger partial charge in [-0.2, -0.15) is 30.1 Å². The van der Waals surface area contributed by atoms with E-state index in [1.165, 1.54) is 10.7 Å². The summed E-state index contributed by atoms with van der Waals surface area (Å²) in [6.45, 7) is 7.67. The summed E-state index contributed by atoms with van der Waals surface area (Å²) in [5, 5.41) is 30.1. The van der Waals surface area contributed by atoms with Crippen LogP contribution in [0, 0.1) is 22.7 Å². The smallest absolute Gasteiger partial charge is 0.232 e. The second-order valence-corrected chi connectivity index (χ2v) is 9.62. The zero-order chi connectivity index (χ0) is 26.8. The van der Waals surface area contributed by atoms with Crippen LogP contribution >= 0.6 is 11.6 Å². The molecule has 0 unspecified atom stereocenters. The largest absolute Gasteiger partial charge is 0.369 e. The number of anilines is 4. The molecule has 0 aliphatic carbocycles. The van der Waals surface area contributed by atoms with E-state index < -0.39 is 0 Å². The van der Waals surface area contributed by atoms with Crippen LogP contribution in [0.3, 0.4) is 0 Å². The minimum atomic E-state index is -0.302. The molecule has 2 saturated heterocycles. The first kappa shape index (κ1) is 25.5. The molecule has 1 amide bonds. The lowest BCUT2D eigenvalue weighted by atomic mass is 10.1. The molecule has 0 bridgehead atoms. The van der Waals surface area contributed by atoms with Crippen molar-refractivity contribution in [2.75, 3.05) is 67.9 Å². The molecule has 2 aliphatic heterocycles. The number of rotatable bonds is 8. The number of carbonyl (C=O) groups excluding carboxylic acids is 1. The van der Waals surface area contributed by atoms with Gasteiger partial charge in [0.15, 0.2) is 5.65 Å². The van der Waals surface area contributed by atoms with Crippen LogP contribution in [0.4, 0.5) is 23.3 Å². The molecule has 0 saturated carbocycles. The van der Waals surface area contributed by atoms with Crippen LogP contribution in [-0.2, 0) is 4.79 Å². The molecular weight excluding hydrogens is 508 g/mol. The molecule has 2 fully saturated rings. The van der Waals surface area contributed by atoms with E-state index >= 15 is 0 Å². The average Bonchev–Trinajstić information content (AvgIpc) is 3.31. The van der Waals surface area contributed by atoms with Gasteiger partial charge in [-0.25, -0.2) is 0 Å². The molecule has 38 heavy (non-hydrogen) atoms. The van der Waals surface area contributed by atoms with Crippen LogP contribution in [0.25, 0.3) is 5.65 Å². The quantitative estimate of drug-likeness (QED) is 0.377. The molecule has 0 spiro atoms. The molecule has 13 nitrogen and oxygen atoms in total. The van der Waals surface area contributed by atoms with Gasteiger partial charge >= 0.3 is 0 Å². The number of carbonyl (C=O) groups is 1. The molecule has 14 heteroatoms. The minimum Gasteiger partial charge on any atom is -0.369 e. The highest BCUT2D eigenvalue weighted by Gasteiger charge is 2.34. The number of nitrogens with two attached hydrogens (primary N) is 1. The topological polar surface area (TPSA) is 168 Å². The number of benzene rings is 1. The molecule has 196 valence electrons. The Morgan fingerprint density at radius 1 is 1.18 bits per heavy atom. The normalized spacial score (nSPS) is 16.6. The van der Waals surface area contributed by atoms with Crippen molar-refractivity contribution >= 4 is 46.4 Å². The van der Waals surface area contributed by atoms with Gasteiger partial charge in [0.1, 0.15) is 11.6 Å². The van der Waals surface area contributed by atoms with E-state index in [1.807, 2.05) is 6.92 Å². The Labute approximate surface area is 224 Å². The van der Waals surface area contributed by atoms with E-state index in [2.05, 4.69) is 52.5 Å². The number of primary amides is 1. The number of nitrogens with zero attached hydrogens (tertiary/aromatic N) is 9. The van der Waals surface area contributed by atoms with Gasteiger partial charge in [-0.3, -0.25) is 14.6 Å². The average molecular weight is 535 g/mol. The number of hydrogen-bond donors (Lipinski definition) is 3. The van der Waals surface area contributed by atoms with Crippen molar-refractivity contribution in [2.45, 2.75) is 13.0 Å². The fourth-order valence-electron chi connectivity index (χ4n) is 4.85. The van der Waals surface area contributed by atoms with Crippen LogP contribution < -0.4 is 21.3 Å². The van der Waals surface area contributed by atoms with Crippen molar-refractivity contribution < 1.29 is 4.79 Å². The highest BCUT2D eigenvalue weighted by atomic mass is 35.5. The number of hydrogen-bond acceptors (Lipinski definition) is 11. The Balaban J connectivity index is 1.35. The maximum absolute atomic E-state index is 11.1. The van der Waals surface area contributed by atoms with Crippen molar-refractivity contribution in [1.29, 1.82) is 10.5 Å². The van der Waals surface area contributed by atoms with Crippen LogP contribution in [0.15, 0.2) is 18.3 Å². The lowest BCUT2D eigenvalue weighted by Crippen LogP contribution is -2.64. The summed E-state index contributed by atoms with van der Waals surface area (Å²) in [5.74, 6) is 0.350. The first-order chi connectivity index (χ1) is 18.4. The lowest BCUT2D eigenvalue weighted by Gasteiger charge is -2.48. The third-order valence-corrected chi connectivity index (χ3v) is 7.14. The van der Waals surface area contributed by atoms with Crippen LogP contribution in [0.2, 0.25) is 5.02 Å². The predicted molar refractivity (Wildman–Crippen MR) is 142 cm³/mol. The summed E-state index contributed by atoms with van der Waals surface area (Å²) in [6.07, 6.45) is 1.44. The Morgan fingerprint density at radius 2 is 1.95 bits per heavy atom. The summed E-state index contributed by atoms with van der Waals surface area (Å²) in [4.78, 5) is 26.7. The SMILES string of the molecule is CCNc1nc(Nc2cc(C#N)cc(N3CCN(C4CN(CC(N)=O)C4)CC3)c2Cl)nc2c(C#N)cnn12. The molecule has 4 heterocycles. The highest BCUT2D eigenvalue weighted by molar-refractivity contribution is 6.36. The summed E-state index contributed by atoms with van der Waals surface area (Å²) in [7, 11) is 0. The molecule has 3 aromatic rings. The number of aromatic nitrogens is 4. The van der Waals surface area contributed by atoms with Gasteiger partial charge < -0.3 is 21.3 Å². The maximum Gasteiger partial charge on any atom is 0.232 e. The third-order valence-electron chi connectivity index (χ3n) is 6.74. The highest BCUT2D eigenvalue weighted by Crippen LogP contribution is 2.36. The van der Waals surface area contributed by atoms with E-state index in [-0.39, 0.29) is 11.9 Å². The van der Waals surface area contributed by atoms with E-state index in [9.17, 15) is 15.3 Å². The second-order valence-electron chi connectivity index (χ2n) is 9.24.